The van der Waals surface area contributed by atoms with Crippen molar-refractivity contribution in [3.8, 4) is 0 Å². The van der Waals surface area contributed by atoms with Crippen molar-refractivity contribution in [3.63, 3.8) is 0 Å². The minimum Gasteiger partial charge on any atom is -0.361 e. The van der Waals surface area contributed by atoms with E-state index in [0.717, 1.165) is 50.0 Å². The van der Waals surface area contributed by atoms with E-state index in [-0.39, 0.29) is 30.6 Å². The summed E-state index contributed by atoms with van der Waals surface area (Å²) in [7, 11) is 0. The summed E-state index contributed by atoms with van der Waals surface area (Å²) < 4.78 is 41.8. The maximum absolute atomic E-state index is 14.0. The number of anilines is 2. The van der Waals surface area contributed by atoms with Gasteiger partial charge in [0, 0.05) is 76.1 Å². The molecule has 2 aliphatic rings. The number of carbonyl (C=O) groups excluding carboxylic acids is 4. The Kier molecular flexibility index (Phi) is 12.1. The largest absolute Gasteiger partial charge is 0.361 e. The number of para-hydroxylation sites is 1. The lowest BCUT2D eigenvalue weighted by atomic mass is 10.1. The van der Waals surface area contributed by atoms with Crippen molar-refractivity contribution in [1.82, 2.24) is 20.6 Å². The standard InChI is InChI=1S/C22H21ClFN3O2.C21H18ClF2N3O2/c1-13-2-4-16(11-19(13)24)27-9-7-17(22(27)29)21(28)25-8-6-14-12-26-20-5-3-15(23)10-18(14)20;22-13-4-5-18-15(10-13)12(11-26-18)6-8-25-20(28)14-7-9-27(21(14)29)19-16(23)2-1-3-17(19)24/h2-5,10-12,17,26H,6-9H2,1H3,(H,25,28);1-5,10-11,14,26H,6-9H2,(H,25,28). The number of fused-ring (bicyclic) bond motifs is 2. The summed E-state index contributed by atoms with van der Waals surface area (Å²) >= 11 is 12.1. The van der Waals surface area contributed by atoms with E-state index < -0.39 is 41.0 Å². The zero-order valence-corrected chi connectivity index (χ0v) is 32.8. The molecule has 10 nitrogen and oxygen atoms in total. The van der Waals surface area contributed by atoms with Gasteiger partial charge in [0.05, 0.1) is 0 Å². The summed E-state index contributed by atoms with van der Waals surface area (Å²) in [6.07, 6.45) is 5.57. The quantitative estimate of drug-likeness (QED) is 0.105. The second-order valence-electron chi connectivity index (χ2n) is 14.3. The average molecular weight is 832 g/mol. The first kappa shape index (κ1) is 40.4. The SMILES string of the molecule is Cc1ccc(N2CCC(C(=O)NCCc3c[nH]c4ccc(Cl)cc34)C2=O)cc1F.O=C(NCCc1c[nH]c2ccc(Cl)cc12)C1CCN(c2c(F)cccc2F)C1=O. The molecule has 6 aromatic rings. The molecule has 58 heavy (non-hydrogen) atoms. The third-order valence-corrected chi connectivity index (χ3v) is 11.0. The van der Waals surface area contributed by atoms with Crippen LogP contribution in [-0.4, -0.2) is 59.8 Å². The van der Waals surface area contributed by atoms with Crippen molar-refractivity contribution < 1.29 is 32.3 Å². The van der Waals surface area contributed by atoms with Gasteiger partial charge >= 0.3 is 0 Å². The number of hydrogen-bond acceptors (Lipinski definition) is 4. The van der Waals surface area contributed by atoms with Gasteiger partial charge in [-0.25, -0.2) is 13.2 Å². The number of nitrogens with one attached hydrogen (secondary N) is 4. The van der Waals surface area contributed by atoms with Crippen LogP contribution in [0.25, 0.3) is 21.8 Å². The van der Waals surface area contributed by atoms with Gasteiger partial charge in [-0.3, -0.25) is 19.2 Å². The fourth-order valence-corrected chi connectivity index (χ4v) is 7.77. The summed E-state index contributed by atoms with van der Waals surface area (Å²) in [4.78, 5) is 59.1. The number of H-pyrrole nitrogens is 2. The van der Waals surface area contributed by atoms with E-state index in [1.807, 2.05) is 42.7 Å². The highest BCUT2D eigenvalue weighted by atomic mass is 35.5. The van der Waals surface area contributed by atoms with Crippen LogP contribution in [0.15, 0.2) is 85.2 Å². The summed E-state index contributed by atoms with van der Waals surface area (Å²) in [6.45, 7) is 2.91. The fourth-order valence-electron chi connectivity index (χ4n) is 7.42. The Hall–Kier alpha value is -5.79. The van der Waals surface area contributed by atoms with Gasteiger partial charge in [-0.05, 0) is 110 Å². The first-order valence-electron chi connectivity index (χ1n) is 18.8. The number of rotatable bonds is 10. The molecule has 2 unspecified atom stereocenters. The van der Waals surface area contributed by atoms with Gasteiger partial charge in [0.1, 0.15) is 35.0 Å². The third-order valence-electron chi connectivity index (χ3n) is 10.6. The van der Waals surface area contributed by atoms with Crippen molar-refractivity contribution in [2.75, 3.05) is 36.0 Å². The van der Waals surface area contributed by atoms with Crippen LogP contribution in [-0.2, 0) is 32.0 Å². The number of benzene rings is 4. The number of halogens is 5. The average Bonchev–Trinajstić information content (AvgIpc) is 3.99. The Morgan fingerprint density at radius 2 is 1.19 bits per heavy atom. The van der Waals surface area contributed by atoms with Crippen molar-refractivity contribution in [3.05, 3.63) is 129 Å². The Labute approximate surface area is 341 Å². The molecule has 4 aromatic carbocycles. The van der Waals surface area contributed by atoms with Gasteiger partial charge in [0.15, 0.2) is 0 Å². The molecule has 2 saturated heterocycles. The minimum absolute atomic E-state index is 0.0930. The molecular weight excluding hydrogens is 792 g/mol. The molecule has 0 radical (unpaired) electrons. The van der Waals surface area contributed by atoms with E-state index in [1.54, 1.807) is 25.1 Å². The summed E-state index contributed by atoms with van der Waals surface area (Å²) in [5.41, 5.74) is 4.60. The first-order chi connectivity index (χ1) is 27.9. The number of amides is 4. The number of aromatic amines is 2. The molecule has 4 heterocycles. The third kappa shape index (κ3) is 8.56. The molecule has 4 amide bonds. The van der Waals surface area contributed by atoms with Crippen molar-refractivity contribution in [2.24, 2.45) is 11.8 Å². The fraction of sp³-hybridized carbons (Fsp3) is 0.256. The number of aromatic nitrogens is 2. The highest BCUT2D eigenvalue weighted by Crippen LogP contribution is 2.31. The van der Waals surface area contributed by atoms with E-state index in [0.29, 0.717) is 60.2 Å². The van der Waals surface area contributed by atoms with Crippen LogP contribution in [0, 0.1) is 36.2 Å². The van der Waals surface area contributed by atoms with Gasteiger partial charge in [-0.15, -0.1) is 0 Å². The molecule has 8 rings (SSSR count). The predicted molar refractivity (Wildman–Crippen MR) is 218 cm³/mol. The van der Waals surface area contributed by atoms with E-state index in [4.69, 9.17) is 23.2 Å². The predicted octanol–water partition coefficient (Wildman–Crippen LogP) is 7.79. The van der Waals surface area contributed by atoms with E-state index in [2.05, 4.69) is 20.6 Å². The molecule has 2 aromatic heterocycles. The minimum atomic E-state index is -0.952. The van der Waals surface area contributed by atoms with Crippen LogP contribution in [0.2, 0.25) is 10.0 Å². The Morgan fingerprint density at radius 1 is 0.690 bits per heavy atom. The van der Waals surface area contributed by atoms with E-state index in [1.165, 1.54) is 17.0 Å². The first-order valence-corrected chi connectivity index (χ1v) is 19.5. The van der Waals surface area contributed by atoms with Crippen LogP contribution in [0.4, 0.5) is 24.5 Å². The number of carbonyl (C=O) groups is 4. The Balaban J connectivity index is 0.000000177. The monoisotopic (exact) mass is 830 g/mol. The molecule has 15 heteroatoms. The van der Waals surface area contributed by atoms with Crippen molar-refractivity contribution in [2.45, 2.75) is 32.6 Å². The van der Waals surface area contributed by atoms with Crippen LogP contribution in [0.1, 0.15) is 29.5 Å². The summed E-state index contributed by atoms with van der Waals surface area (Å²) in [6, 6.07) is 19.3. The lowest BCUT2D eigenvalue weighted by molar-refractivity contribution is -0.133. The Morgan fingerprint density at radius 3 is 1.71 bits per heavy atom. The van der Waals surface area contributed by atoms with Gasteiger partial charge < -0.3 is 30.4 Å². The van der Waals surface area contributed by atoms with Gasteiger partial charge in [0.25, 0.3) is 0 Å². The molecule has 0 saturated carbocycles. The van der Waals surface area contributed by atoms with Crippen molar-refractivity contribution in [1.29, 1.82) is 0 Å². The molecular formula is C43H39Cl2F3N6O4. The van der Waals surface area contributed by atoms with Gasteiger partial charge in [-0.1, -0.05) is 35.3 Å². The smallest absolute Gasteiger partial charge is 0.239 e. The normalized spacial score (nSPS) is 16.6. The molecule has 2 atom stereocenters. The van der Waals surface area contributed by atoms with Gasteiger partial charge in [-0.2, -0.15) is 0 Å². The zero-order valence-electron chi connectivity index (χ0n) is 31.3. The molecule has 2 aliphatic heterocycles. The summed E-state index contributed by atoms with van der Waals surface area (Å²) in [5.74, 6) is -5.30. The van der Waals surface area contributed by atoms with Gasteiger partial charge in [0.2, 0.25) is 23.6 Å². The second kappa shape index (κ2) is 17.4. The molecule has 0 bridgehead atoms. The van der Waals surface area contributed by atoms with E-state index in [9.17, 15) is 32.3 Å². The topological polar surface area (TPSA) is 130 Å². The lowest BCUT2D eigenvalue weighted by Crippen LogP contribution is -2.38. The number of hydrogen-bond donors (Lipinski definition) is 4. The second-order valence-corrected chi connectivity index (χ2v) is 15.1. The lowest BCUT2D eigenvalue weighted by Gasteiger charge is -2.18. The molecule has 300 valence electrons. The zero-order chi connectivity index (χ0) is 41.1. The number of aryl methyl sites for hydroxylation is 1. The van der Waals surface area contributed by atoms with Crippen LogP contribution in [0.3, 0.4) is 0 Å². The summed E-state index contributed by atoms with van der Waals surface area (Å²) in [5, 5.41) is 8.90. The van der Waals surface area contributed by atoms with Crippen molar-refractivity contribution >= 4 is 80.0 Å². The van der Waals surface area contributed by atoms with Crippen LogP contribution in [0.5, 0.6) is 0 Å². The molecule has 0 spiro atoms. The maximum Gasteiger partial charge on any atom is 0.239 e. The molecule has 2 fully saturated rings. The van der Waals surface area contributed by atoms with Crippen LogP contribution < -0.4 is 20.4 Å². The highest BCUT2D eigenvalue weighted by Gasteiger charge is 2.40. The van der Waals surface area contributed by atoms with Crippen LogP contribution >= 0.6 is 23.2 Å². The highest BCUT2D eigenvalue weighted by molar-refractivity contribution is 6.31. The molecule has 0 aliphatic carbocycles. The maximum atomic E-state index is 14.0. The number of nitrogens with zero attached hydrogens (tertiary/aromatic N) is 2. The van der Waals surface area contributed by atoms with E-state index >= 15 is 0 Å². The Bertz CT molecular complexity index is 2520. The molecule has 4 N–H and O–H groups in total.